The summed E-state index contributed by atoms with van der Waals surface area (Å²) in [6.07, 6.45) is 4.73. The summed E-state index contributed by atoms with van der Waals surface area (Å²) in [5, 5.41) is 2.44. The number of benzene rings is 13. The smallest absolute Gasteiger partial charge is 0.252 e. The van der Waals surface area contributed by atoms with Crippen LogP contribution < -0.4 is 26.2 Å². The maximum atomic E-state index is 2.62. The van der Waals surface area contributed by atoms with Crippen molar-refractivity contribution in [3.63, 3.8) is 0 Å². The van der Waals surface area contributed by atoms with E-state index < -0.39 is 0 Å². The molecule has 0 amide bonds. The van der Waals surface area contributed by atoms with Crippen LogP contribution in [0.5, 0.6) is 0 Å². The zero-order chi connectivity index (χ0) is 69.8. The Labute approximate surface area is 603 Å². The molecular weight excluding hydrogens is 1230 g/mol. The average molecular weight is 1320 g/mol. The van der Waals surface area contributed by atoms with Crippen molar-refractivity contribution >= 4 is 79.0 Å². The first kappa shape index (κ1) is 63.5. The molecule has 102 heavy (non-hydrogen) atoms. The van der Waals surface area contributed by atoms with Gasteiger partial charge in [-0.2, -0.15) is 0 Å². The molecule has 0 radical (unpaired) electrons. The molecule has 498 valence electrons. The van der Waals surface area contributed by atoms with Gasteiger partial charge in [-0.25, -0.2) is 0 Å². The third-order valence-corrected chi connectivity index (χ3v) is 24.1. The molecule has 18 rings (SSSR count). The summed E-state index contributed by atoms with van der Waals surface area (Å²) in [6, 6.07) is 110. The van der Waals surface area contributed by atoms with Gasteiger partial charge in [0.25, 0.3) is 6.71 Å². The number of nitrogens with zero attached hydrogens (tertiary/aromatic N) is 3. The van der Waals surface area contributed by atoms with Crippen LogP contribution in [0.4, 0.5) is 34.1 Å². The summed E-state index contributed by atoms with van der Waals surface area (Å²) >= 11 is 0. The van der Waals surface area contributed by atoms with Gasteiger partial charge < -0.3 is 14.4 Å². The van der Waals surface area contributed by atoms with Crippen LogP contribution in [0.15, 0.2) is 285 Å². The van der Waals surface area contributed by atoms with Gasteiger partial charge in [-0.3, -0.25) is 0 Å². The van der Waals surface area contributed by atoms with Crippen molar-refractivity contribution in [3.8, 4) is 72.4 Å². The van der Waals surface area contributed by atoms with Crippen molar-refractivity contribution in [2.75, 3.05) is 9.80 Å². The second-order valence-corrected chi connectivity index (χ2v) is 33.4. The predicted molar refractivity (Wildman–Crippen MR) is 437 cm³/mol. The summed E-state index contributed by atoms with van der Waals surface area (Å²) in [5.41, 5.74) is 36.4. The molecule has 0 N–H and O–H groups in total. The fourth-order valence-electron chi connectivity index (χ4n) is 17.9. The molecule has 0 saturated carbocycles. The molecule has 3 nitrogen and oxygen atoms in total. The van der Waals surface area contributed by atoms with E-state index >= 15 is 0 Å². The molecule has 0 atom stereocenters. The number of rotatable bonds is 9. The van der Waals surface area contributed by atoms with E-state index in [1.807, 2.05) is 0 Å². The number of aromatic nitrogens is 1. The van der Waals surface area contributed by atoms with Gasteiger partial charge in [-0.15, -0.1) is 0 Å². The highest BCUT2D eigenvalue weighted by molar-refractivity contribution is 7.00. The van der Waals surface area contributed by atoms with Crippen LogP contribution in [-0.2, 0) is 27.1 Å². The van der Waals surface area contributed by atoms with Crippen LogP contribution in [-0.4, -0.2) is 11.3 Å². The minimum atomic E-state index is -0.131. The summed E-state index contributed by atoms with van der Waals surface area (Å²) in [4.78, 5) is 5.23. The zero-order valence-corrected chi connectivity index (χ0v) is 60.9. The lowest BCUT2D eigenvalue weighted by atomic mass is 9.33. The van der Waals surface area contributed by atoms with Crippen LogP contribution in [0.1, 0.15) is 130 Å². The maximum absolute atomic E-state index is 2.62. The van der Waals surface area contributed by atoms with Gasteiger partial charge in [0.2, 0.25) is 0 Å². The standard InChI is InChI=1S/C98H88BN3/c1-94(2,3)75-38-27-66(28-39-75)73-35-47-85-89(59-73)100(76-40-29-67(30-41-76)71-33-45-81-83(57-71)97(8,9)53-51-95(81,4)5)91-60-74(65-25-19-14-20-26-65)61-92-93(91)99(85)86-48-44-78(62-90(86)101(92)77-42-31-68(32-43-77)72-34-46-82-84(58-72)98(10,11)54-52-96(82,6)7)102-87-49-36-69(63-21-15-12-16-22-63)55-79(87)80-56-70(37-50-88(80)102)64-23-17-13-18-24-64/h12-50,55-62H,51-54H2,1-11H3. The summed E-state index contributed by atoms with van der Waals surface area (Å²) in [6.45, 7) is 26.2. The van der Waals surface area contributed by atoms with E-state index in [1.54, 1.807) is 0 Å². The Morgan fingerprint density at radius 1 is 0.275 bits per heavy atom. The molecule has 4 aliphatic rings. The van der Waals surface area contributed by atoms with Crippen LogP contribution in [0, 0.1) is 0 Å². The van der Waals surface area contributed by atoms with Gasteiger partial charge in [0.05, 0.1) is 11.0 Å². The lowest BCUT2D eigenvalue weighted by molar-refractivity contribution is 0.332. The molecule has 1 aromatic heterocycles. The fraction of sp³-hybridized carbons (Fsp3) is 0.204. The highest BCUT2D eigenvalue weighted by Gasteiger charge is 2.45. The third kappa shape index (κ3) is 10.5. The number of hydrogen-bond acceptors (Lipinski definition) is 2. The molecule has 0 saturated heterocycles. The number of anilines is 6. The van der Waals surface area contributed by atoms with Crippen LogP contribution >= 0.6 is 0 Å². The lowest BCUT2D eigenvalue weighted by Crippen LogP contribution is -2.61. The maximum Gasteiger partial charge on any atom is 0.252 e. The Kier molecular flexibility index (Phi) is 14.6. The van der Waals surface area contributed by atoms with Crippen molar-refractivity contribution in [2.45, 2.75) is 129 Å². The van der Waals surface area contributed by atoms with Crippen molar-refractivity contribution in [1.29, 1.82) is 0 Å². The van der Waals surface area contributed by atoms with Gasteiger partial charge in [-0.05, 0) is 243 Å². The molecule has 0 spiro atoms. The molecule has 2 aliphatic heterocycles. The Hall–Kier alpha value is -10.7. The average Bonchev–Trinajstić information content (AvgIpc) is 0.776. The van der Waals surface area contributed by atoms with E-state index in [-0.39, 0.29) is 33.8 Å². The van der Waals surface area contributed by atoms with Gasteiger partial charge >= 0.3 is 0 Å². The van der Waals surface area contributed by atoms with Crippen LogP contribution in [0.3, 0.4) is 0 Å². The monoisotopic (exact) mass is 1320 g/mol. The SMILES string of the molecule is CC(C)(C)c1ccc(-c2ccc3c(c2)N(c2ccc(-c4ccc5c(c4)C(C)(C)CCC5(C)C)cc2)c2cc(-c4ccccc4)cc4c2B3c2ccc(-n3c5ccc(-c6ccccc6)cc5c5cc(-c6ccccc6)ccc53)cc2N4c2ccc(-c3ccc4c(c3)C(C)(C)CCC4(C)C)cc2)cc1. The quantitative estimate of drug-likeness (QED) is 0.133. The molecule has 13 aromatic carbocycles. The summed E-state index contributed by atoms with van der Waals surface area (Å²) in [7, 11) is 0. The first-order chi connectivity index (χ1) is 49.1. The normalized spacial score (nSPS) is 15.9. The van der Waals surface area contributed by atoms with Gasteiger partial charge in [0, 0.05) is 50.6 Å². The van der Waals surface area contributed by atoms with Gasteiger partial charge in [0.1, 0.15) is 0 Å². The van der Waals surface area contributed by atoms with E-state index in [9.17, 15) is 0 Å². The molecule has 2 aliphatic carbocycles. The Morgan fingerprint density at radius 3 is 1.04 bits per heavy atom. The van der Waals surface area contributed by atoms with E-state index in [4.69, 9.17) is 0 Å². The second-order valence-electron chi connectivity index (χ2n) is 33.4. The minimum Gasteiger partial charge on any atom is -0.311 e. The molecule has 0 unspecified atom stereocenters. The van der Waals surface area contributed by atoms with Crippen LogP contribution in [0.2, 0.25) is 0 Å². The minimum absolute atomic E-state index is 0.0289. The topological polar surface area (TPSA) is 11.4 Å². The fourth-order valence-corrected chi connectivity index (χ4v) is 17.9. The molecule has 4 heteroatoms. The van der Waals surface area contributed by atoms with Crippen molar-refractivity contribution in [2.24, 2.45) is 0 Å². The van der Waals surface area contributed by atoms with Crippen LogP contribution in [0.25, 0.3) is 94.3 Å². The summed E-state index contributed by atoms with van der Waals surface area (Å²) < 4.78 is 2.53. The Morgan fingerprint density at radius 2 is 0.598 bits per heavy atom. The van der Waals surface area contributed by atoms with E-state index in [2.05, 4.69) is 376 Å². The van der Waals surface area contributed by atoms with E-state index in [0.29, 0.717) is 0 Å². The van der Waals surface area contributed by atoms with E-state index in [1.165, 1.54) is 170 Å². The second kappa shape index (κ2) is 23.4. The van der Waals surface area contributed by atoms with Crippen molar-refractivity contribution < 1.29 is 0 Å². The molecule has 0 fully saturated rings. The molecular formula is C98H88BN3. The number of hydrogen-bond donors (Lipinski definition) is 0. The lowest BCUT2D eigenvalue weighted by Gasteiger charge is -2.44. The third-order valence-electron chi connectivity index (χ3n) is 24.1. The molecule has 0 bridgehead atoms. The van der Waals surface area contributed by atoms with Gasteiger partial charge in [0.15, 0.2) is 0 Å². The highest BCUT2D eigenvalue weighted by Crippen LogP contribution is 2.52. The molecule has 14 aromatic rings. The number of fused-ring (bicyclic) bond motifs is 9. The molecule has 3 heterocycles. The van der Waals surface area contributed by atoms with E-state index in [0.717, 1.165) is 28.3 Å². The first-order valence-electron chi connectivity index (χ1n) is 37.1. The first-order valence-corrected chi connectivity index (χ1v) is 37.1. The van der Waals surface area contributed by atoms with Crippen molar-refractivity contribution in [3.05, 3.63) is 313 Å². The largest absolute Gasteiger partial charge is 0.311 e. The summed E-state index contributed by atoms with van der Waals surface area (Å²) in [5.74, 6) is 0. The Bertz CT molecular complexity index is 5550. The zero-order valence-electron chi connectivity index (χ0n) is 60.9. The predicted octanol–water partition coefficient (Wildman–Crippen LogP) is 24.9. The van der Waals surface area contributed by atoms with Crippen molar-refractivity contribution in [1.82, 2.24) is 4.57 Å². The Balaban J connectivity index is 0.878. The highest BCUT2D eigenvalue weighted by atomic mass is 15.2. The van der Waals surface area contributed by atoms with Gasteiger partial charge in [-0.1, -0.05) is 282 Å².